The van der Waals surface area contributed by atoms with Gasteiger partial charge < -0.3 is 9.47 Å². The van der Waals surface area contributed by atoms with E-state index in [2.05, 4.69) is 11.6 Å². The van der Waals surface area contributed by atoms with E-state index >= 15 is 0 Å². The zero-order chi connectivity index (χ0) is 15.2. The molecule has 0 amide bonds. The van der Waals surface area contributed by atoms with Crippen LogP contribution >= 0.6 is 11.3 Å². The summed E-state index contributed by atoms with van der Waals surface area (Å²) in [6.07, 6.45) is 3.38. The molecule has 0 bridgehead atoms. The van der Waals surface area contributed by atoms with E-state index in [9.17, 15) is 9.59 Å². The average molecular weight is 308 g/mol. The van der Waals surface area contributed by atoms with Gasteiger partial charge in [-0.25, -0.2) is 9.78 Å². The highest BCUT2D eigenvalue weighted by Gasteiger charge is 2.15. The van der Waals surface area contributed by atoms with Gasteiger partial charge in [-0.2, -0.15) is 0 Å². The third kappa shape index (κ3) is 3.99. The van der Waals surface area contributed by atoms with Crippen LogP contribution < -0.4 is 5.56 Å². The van der Waals surface area contributed by atoms with Crippen molar-refractivity contribution < 1.29 is 14.3 Å². The second kappa shape index (κ2) is 7.14. The van der Waals surface area contributed by atoms with Crippen molar-refractivity contribution in [3.8, 4) is 0 Å². The van der Waals surface area contributed by atoms with Crippen LogP contribution in [0.2, 0.25) is 0 Å². The number of esters is 1. The number of hydrogen-bond donors (Lipinski definition) is 0. The molecule has 2 heterocycles. The predicted molar refractivity (Wildman–Crippen MR) is 79.4 cm³/mol. The SMILES string of the molecule is C=CCCOC(C)C(=O)OCc1cc(=O)n2ccsc2n1. The zero-order valence-electron chi connectivity index (χ0n) is 11.7. The molecule has 7 heteroatoms. The number of hydrogen-bond acceptors (Lipinski definition) is 6. The van der Waals surface area contributed by atoms with Gasteiger partial charge in [-0.1, -0.05) is 6.08 Å². The minimum Gasteiger partial charge on any atom is -0.457 e. The molecule has 0 fully saturated rings. The van der Waals surface area contributed by atoms with E-state index in [4.69, 9.17) is 9.47 Å². The minimum atomic E-state index is -0.656. The lowest BCUT2D eigenvalue weighted by molar-refractivity contribution is -0.157. The first-order valence-electron chi connectivity index (χ1n) is 6.46. The molecule has 0 spiro atoms. The molecule has 0 saturated carbocycles. The Morgan fingerprint density at radius 1 is 1.62 bits per heavy atom. The minimum absolute atomic E-state index is 0.0440. The summed E-state index contributed by atoms with van der Waals surface area (Å²) < 4.78 is 11.8. The van der Waals surface area contributed by atoms with Crippen LogP contribution in [0, 0.1) is 0 Å². The summed E-state index contributed by atoms with van der Waals surface area (Å²) in [4.78, 5) is 28.3. The van der Waals surface area contributed by atoms with Crippen molar-refractivity contribution in [1.82, 2.24) is 9.38 Å². The van der Waals surface area contributed by atoms with Crippen molar-refractivity contribution in [2.45, 2.75) is 26.1 Å². The highest BCUT2D eigenvalue weighted by atomic mass is 32.1. The summed E-state index contributed by atoms with van der Waals surface area (Å²) in [5, 5.41) is 1.77. The third-order valence-corrected chi connectivity index (χ3v) is 3.50. The molecule has 0 aliphatic rings. The van der Waals surface area contributed by atoms with E-state index in [-0.39, 0.29) is 12.2 Å². The smallest absolute Gasteiger partial charge is 0.335 e. The number of carbonyl (C=O) groups is 1. The average Bonchev–Trinajstić information content (AvgIpc) is 2.93. The van der Waals surface area contributed by atoms with Crippen LogP contribution in [0.5, 0.6) is 0 Å². The lowest BCUT2D eigenvalue weighted by atomic mass is 10.4. The topological polar surface area (TPSA) is 69.9 Å². The molecular formula is C14H16N2O4S. The third-order valence-electron chi connectivity index (χ3n) is 2.74. The standard InChI is InChI=1S/C14H16N2O4S/c1-3-4-6-19-10(2)13(18)20-9-11-8-12(17)16-5-7-21-14(16)15-11/h3,5,7-8,10H,1,4,6,9H2,2H3. The summed E-state index contributed by atoms with van der Waals surface area (Å²) in [6, 6.07) is 1.36. The van der Waals surface area contributed by atoms with Gasteiger partial charge in [0.1, 0.15) is 6.61 Å². The van der Waals surface area contributed by atoms with Crippen LogP contribution in [0.15, 0.2) is 35.1 Å². The van der Waals surface area contributed by atoms with Crippen molar-refractivity contribution in [1.29, 1.82) is 0 Å². The van der Waals surface area contributed by atoms with Crippen molar-refractivity contribution in [3.05, 3.63) is 46.3 Å². The van der Waals surface area contributed by atoms with Gasteiger partial charge in [0.05, 0.1) is 12.3 Å². The summed E-state index contributed by atoms with van der Waals surface area (Å²) in [5.74, 6) is -0.479. The van der Waals surface area contributed by atoms with Gasteiger partial charge in [-0.05, 0) is 13.3 Å². The number of fused-ring (bicyclic) bond motifs is 1. The maximum absolute atomic E-state index is 11.8. The van der Waals surface area contributed by atoms with E-state index in [0.717, 1.165) is 0 Å². The molecule has 21 heavy (non-hydrogen) atoms. The van der Waals surface area contributed by atoms with E-state index in [1.807, 2.05) is 0 Å². The lowest BCUT2D eigenvalue weighted by Crippen LogP contribution is -2.24. The van der Waals surface area contributed by atoms with E-state index < -0.39 is 12.1 Å². The second-order valence-corrected chi connectivity index (χ2v) is 5.21. The molecule has 1 atom stereocenters. The summed E-state index contributed by atoms with van der Waals surface area (Å²) >= 11 is 1.35. The Kier molecular flexibility index (Phi) is 5.24. The quantitative estimate of drug-likeness (QED) is 0.443. The molecule has 0 aromatic carbocycles. The number of rotatable bonds is 7. The molecule has 6 nitrogen and oxygen atoms in total. The van der Waals surface area contributed by atoms with Crippen molar-refractivity contribution >= 4 is 22.3 Å². The maximum atomic E-state index is 11.8. The number of ether oxygens (including phenoxy) is 2. The molecule has 0 aliphatic carbocycles. The first kappa shape index (κ1) is 15.4. The van der Waals surface area contributed by atoms with Crippen LogP contribution in [-0.4, -0.2) is 28.1 Å². The molecule has 112 valence electrons. The first-order valence-corrected chi connectivity index (χ1v) is 7.34. The van der Waals surface area contributed by atoms with Gasteiger partial charge in [0.2, 0.25) is 0 Å². The van der Waals surface area contributed by atoms with Gasteiger partial charge >= 0.3 is 5.97 Å². The molecule has 0 radical (unpaired) electrons. The van der Waals surface area contributed by atoms with Crippen LogP contribution in [0.25, 0.3) is 4.96 Å². The Labute approximate surface area is 125 Å². The molecular weight excluding hydrogens is 292 g/mol. The first-order chi connectivity index (χ1) is 10.1. The molecule has 0 saturated heterocycles. The summed E-state index contributed by atoms with van der Waals surface area (Å²) in [7, 11) is 0. The number of carbonyl (C=O) groups excluding carboxylic acids is 1. The normalized spacial score (nSPS) is 12.2. The largest absolute Gasteiger partial charge is 0.457 e. The molecule has 1 unspecified atom stereocenters. The predicted octanol–water partition coefficient (Wildman–Crippen LogP) is 1.78. The fourth-order valence-electron chi connectivity index (χ4n) is 1.62. The Hall–Kier alpha value is -1.99. The Morgan fingerprint density at radius 3 is 3.19 bits per heavy atom. The van der Waals surface area contributed by atoms with E-state index in [0.29, 0.717) is 23.7 Å². The van der Waals surface area contributed by atoms with Crippen molar-refractivity contribution in [3.63, 3.8) is 0 Å². The van der Waals surface area contributed by atoms with Crippen LogP contribution in [0.4, 0.5) is 0 Å². The summed E-state index contributed by atoms with van der Waals surface area (Å²) in [5.41, 5.74) is 0.233. The van der Waals surface area contributed by atoms with Crippen molar-refractivity contribution in [2.24, 2.45) is 0 Å². The van der Waals surface area contributed by atoms with Gasteiger partial charge in [0.25, 0.3) is 5.56 Å². The van der Waals surface area contributed by atoms with Crippen LogP contribution in [0.1, 0.15) is 19.0 Å². The van der Waals surface area contributed by atoms with E-state index in [1.54, 1.807) is 24.6 Å². The van der Waals surface area contributed by atoms with Gasteiger partial charge in [0, 0.05) is 17.6 Å². The summed E-state index contributed by atoms with van der Waals surface area (Å²) in [6.45, 7) is 5.57. The highest BCUT2D eigenvalue weighted by Crippen LogP contribution is 2.07. The monoisotopic (exact) mass is 308 g/mol. The van der Waals surface area contributed by atoms with Crippen LogP contribution in [0.3, 0.4) is 0 Å². The lowest BCUT2D eigenvalue weighted by Gasteiger charge is -2.11. The molecule has 2 aromatic rings. The molecule has 0 aliphatic heterocycles. The van der Waals surface area contributed by atoms with Crippen molar-refractivity contribution in [2.75, 3.05) is 6.61 Å². The van der Waals surface area contributed by atoms with E-state index in [1.165, 1.54) is 21.8 Å². The molecule has 0 N–H and O–H groups in total. The Balaban J connectivity index is 1.93. The molecule has 2 rings (SSSR count). The second-order valence-electron chi connectivity index (χ2n) is 4.34. The van der Waals surface area contributed by atoms with Gasteiger partial charge in [-0.3, -0.25) is 9.20 Å². The van der Waals surface area contributed by atoms with Gasteiger partial charge in [0.15, 0.2) is 11.1 Å². The zero-order valence-corrected chi connectivity index (χ0v) is 12.5. The van der Waals surface area contributed by atoms with Crippen LogP contribution in [-0.2, 0) is 20.9 Å². The fraction of sp³-hybridized carbons (Fsp3) is 0.357. The Morgan fingerprint density at radius 2 is 2.43 bits per heavy atom. The van der Waals surface area contributed by atoms with Gasteiger partial charge in [-0.15, -0.1) is 17.9 Å². The number of nitrogens with zero attached hydrogens (tertiary/aromatic N) is 2. The maximum Gasteiger partial charge on any atom is 0.335 e. The molecule has 2 aromatic heterocycles. The fourth-order valence-corrected chi connectivity index (χ4v) is 2.36. The highest BCUT2D eigenvalue weighted by molar-refractivity contribution is 7.15. The number of aromatic nitrogens is 2. The number of thiazole rings is 1. The Bertz CT molecular complexity index is 692.